The Hall–Kier alpha value is -1.08. The maximum absolute atomic E-state index is 13.6. The van der Waals surface area contributed by atoms with Crippen molar-refractivity contribution in [3.05, 3.63) is 18.2 Å². The van der Waals surface area contributed by atoms with E-state index >= 15 is 0 Å². The number of imidazole rings is 1. The number of nitrogens with one attached hydrogen (secondary N) is 2. The molecule has 182 valence electrons. The van der Waals surface area contributed by atoms with Crippen LogP contribution < -0.4 is 10.6 Å². The van der Waals surface area contributed by atoms with E-state index in [-0.39, 0.29) is 30.5 Å². The smallest absolute Gasteiger partial charge is 0.374 e. The molecule has 0 spiro atoms. The summed E-state index contributed by atoms with van der Waals surface area (Å²) in [7, 11) is 1.43. The van der Waals surface area contributed by atoms with Crippen LogP contribution in [0.4, 0.5) is 13.2 Å². The third kappa shape index (κ3) is 8.76. The number of hydrogen-bond donors (Lipinski definition) is 3. The highest BCUT2D eigenvalue weighted by atomic mass is 127. The molecule has 1 aromatic rings. The second kappa shape index (κ2) is 13.5. The first-order valence-electron chi connectivity index (χ1n) is 10.5. The van der Waals surface area contributed by atoms with Gasteiger partial charge in [0, 0.05) is 64.1 Å². The van der Waals surface area contributed by atoms with E-state index in [1.807, 2.05) is 6.92 Å². The van der Waals surface area contributed by atoms with E-state index in [9.17, 15) is 18.3 Å². The first-order chi connectivity index (χ1) is 13.9. The maximum atomic E-state index is 13.6. The first-order valence-corrected chi connectivity index (χ1v) is 10.5. The Morgan fingerprint density at radius 2 is 1.84 bits per heavy atom. The van der Waals surface area contributed by atoms with E-state index < -0.39 is 24.0 Å². The van der Waals surface area contributed by atoms with Gasteiger partial charge in [-0.15, -0.1) is 24.0 Å². The molecule has 3 N–H and O–H groups in total. The molecule has 1 heterocycles. The second-order valence-corrected chi connectivity index (χ2v) is 7.94. The monoisotopic (exact) mass is 562 g/mol. The molecular weight excluding hydrogens is 524 g/mol. The third-order valence-electron chi connectivity index (χ3n) is 4.95. The molecule has 0 aliphatic heterocycles. The van der Waals surface area contributed by atoms with Gasteiger partial charge in [0.15, 0.2) is 5.96 Å². The summed E-state index contributed by atoms with van der Waals surface area (Å²) in [4.78, 5) is 10.5. The second-order valence-electron chi connectivity index (χ2n) is 7.94. The van der Waals surface area contributed by atoms with Crippen molar-refractivity contribution < 1.29 is 18.3 Å². The predicted octanol–water partition coefficient (Wildman–Crippen LogP) is 3.24. The van der Waals surface area contributed by atoms with Crippen LogP contribution in [0.25, 0.3) is 0 Å². The van der Waals surface area contributed by atoms with Crippen LogP contribution >= 0.6 is 24.0 Å². The van der Waals surface area contributed by atoms with Crippen LogP contribution in [0.5, 0.6) is 0 Å². The Kier molecular flexibility index (Phi) is 13.0. The SMILES string of the molecule is CCNC(=NCCCN(C(C)C)C(C)C)NCCC(O)(c1nccn1C)C(F)(F)F.I. The zero-order valence-corrected chi connectivity index (χ0v) is 21.7. The Bertz CT molecular complexity index is 658. The largest absolute Gasteiger partial charge is 0.424 e. The van der Waals surface area contributed by atoms with E-state index in [0.29, 0.717) is 31.1 Å². The lowest BCUT2D eigenvalue weighted by atomic mass is 9.97. The van der Waals surface area contributed by atoms with Crippen molar-refractivity contribution in [2.24, 2.45) is 12.0 Å². The van der Waals surface area contributed by atoms with Gasteiger partial charge in [0.1, 0.15) is 5.82 Å². The number of aliphatic hydroxyl groups is 1. The van der Waals surface area contributed by atoms with Crippen molar-refractivity contribution in [1.29, 1.82) is 0 Å². The molecule has 1 unspecified atom stereocenters. The molecule has 1 rings (SSSR count). The topological polar surface area (TPSA) is 77.7 Å². The van der Waals surface area contributed by atoms with E-state index in [4.69, 9.17) is 0 Å². The Labute approximate surface area is 200 Å². The number of nitrogens with zero attached hydrogens (tertiary/aromatic N) is 4. The molecule has 31 heavy (non-hydrogen) atoms. The zero-order chi connectivity index (χ0) is 22.9. The van der Waals surface area contributed by atoms with Crippen LogP contribution in [0.1, 0.15) is 53.3 Å². The molecule has 0 aliphatic rings. The molecule has 0 fully saturated rings. The molecule has 0 aliphatic carbocycles. The molecule has 0 saturated carbocycles. The lowest BCUT2D eigenvalue weighted by Gasteiger charge is -2.30. The number of aryl methyl sites for hydroxylation is 1. The van der Waals surface area contributed by atoms with Gasteiger partial charge < -0.3 is 20.3 Å². The summed E-state index contributed by atoms with van der Waals surface area (Å²) >= 11 is 0. The van der Waals surface area contributed by atoms with Gasteiger partial charge in [-0.1, -0.05) is 0 Å². The van der Waals surface area contributed by atoms with Gasteiger partial charge in [-0.3, -0.25) is 9.89 Å². The number of aliphatic imine (C=N–C) groups is 1. The molecule has 1 atom stereocenters. The van der Waals surface area contributed by atoms with Crippen molar-refractivity contribution in [1.82, 2.24) is 25.1 Å². The Balaban J connectivity index is 0.00000900. The molecule has 0 saturated heterocycles. The zero-order valence-electron chi connectivity index (χ0n) is 19.3. The predicted molar refractivity (Wildman–Crippen MR) is 129 cm³/mol. The minimum Gasteiger partial charge on any atom is -0.374 e. The van der Waals surface area contributed by atoms with Crippen LogP contribution in [-0.2, 0) is 12.6 Å². The number of rotatable bonds is 11. The average molecular weight is 562 g/mol. The van der Waals surface area contributed by atoms with Gasteiger partial charge in [0.05, 0.1) is 0 Å². The lowest BCUT2D eigenvalue weighted by Crippen LogP contribution is -2.48. The van der Waals surface area contributed by atoms with Crippen LogP contribution in [0, 0.1) is 0 Å². The van der Waals surface area contributed by atoms with Crippen LogP contribution in [0.15, 0.2) is 17.4 Å². The summed E-state index contributed by atoms with van der Waals surface area (Å²) in [6.45, 7) is 12.4. The van der Waals surface area contributed by atoms with Crippen LogP contribution in [0.2, 0.25) is 0 Å². The van der Waals surface area contributed by atoms with Gasteiger partial charge in [-0.05, 0) is 41.0 Å². The van der Waals surface area contributed by atoms with Crippen molar-refractivity contribution in [3.8, 4) is 0 Å². The van der Waals surface area contributed by atoms with Crippen molar-refractivity contribution >= 4 is 29.9 Å². The third-order valence-corrected chi connectivity index (χ3v) is 4.95. The first kappa shape index (κ1) is 29.9. The van der Waals surface area contributed by atoms with E-state index in [2.05, 4.69) is 53.2 Å². The summed E-state index contributed by atoms with van der Waals surface area (Å²) in [6, 6.07) is 0.873. The summed E-state index contributed by atoms with van der Waals surface area (Å²) in [6.07, 6.45) is -1.97. The van der Waals surface area contributed by atoms with Crippen LogP contribution in [-0.4, -0.2) is 70.0 Å². The standard InChI is InChI=1S/C20H37F3N6O.HI/c1-7-24-18(26-10-8-13-29(15(2)3)16(4)5)27-11-9-19(30,20(21,22)23)17-25-12-14-28(17)6;/h12,14-16,30H,7-11,13H2,1-6H3,(H2,24,26,27);1H. The number of halogens is 4. The van der Waals surface area contributed by atoms with Crippen molar-refractivity contribution in [3.63, 3.8) is 0 Å². The molecule has 7 nitrogen and oxygen atoms in total. The fourth-order valence-electron chi connectivity index (χ4n) is 3.40. The molecule has 1 aromatic heterocycles. The van der Waals surface area contributed by atoms with Gasteiger partial charge in [-0.25, -0.2) is 4.98 Å². The van der Waals surface area contributed by atoms with Crippen molar-refractivity contribution in [2.75, 3.05) is 26.2 Å². The van der Waals surface area contributed by atoms with Crippen molar-refractivity contribution in [2.45, 2.75) is 71.3 Å². The molecular formula is C20H38F3IN6O. The fourth-order valence-corrected chi connectivity index (χ4v) is 3.40. The van der Waals surface area contributed by atoms with E-state index in [0.717, 1.165) is 13.0 Å². The van der Waals surface area contributed by atoms with Gasteiger partial charge >= 0.3 is 6.18 Å². The minimum atomic E-state index is -4.85. The highest BCUT2D eigenvalue weighted by Gasteiger charge is 2.57. The number of hydrogen-bond acceptors (Lipinski definition) is 4. The van der Waals surface area contributed by atoms with E-state index in [1.165, 1.54) is 24.0 Å². The molecule has 0 aromatic carbocycles. The molecule has 0 bridgehead atoms. The maximum Gasteiger partial charge on any atom is 0.424 e. The summed E-state index contributed by atoms with van der Waals surface area (Å²) in [5.74, 6) is 0.00344. The highest BCUT2D eigenvalue weighted by molar-refractivity contribution is 14.0. The number of alkyl halides is 3. The molecule has 0 amide bonds. The number of guanidine groups is 1. The quantitative estimate of drug-likeness (QED) is 0.167. The van der Waals surface area contributed by atoms with Crippen LogP contribution in [0.3, 0.4) is 0 Å². The fraction of sp³-hybridized carbons (Fsp3) is 0.800. The Morgan fingerprint density at radius 1 is 1.23 bits per heavy atom. The lowest BCUT2D eigenvalue weighted by molar-refractivity contribution is -0.272. The van der Waals surface area contributed by atoms with Gasteiger partial charge in [-0.2, -0.15) is 13.2 Å². The average Bonchev–Trinajstić information content (AvgIpc) is 3.06. The van der Waals surface area contributed by atoms with Gasteiger partial charge in [0.2, 0.25) is 5.60 Å². The summed E-state index contributed by atoms with van der Waals surface area (Å²) in [5.41, 5.74) is -3.04. The summed E-state index contributed by atoms with van der Waals surface area (Å²) < 4.78 is 42.0. The molecule has 11 heteroatoms. The van der Waals surface area contributed by atoms with E-state index in [1.54, 1.807) is 0 Å². The molecule has 0 radical (unpaired) electrons. The number of aromatic nitrogens is 2. The highest BCUT2D eigenvalue weighted by Crippen LogP contribution is 2.40. The normalized spacial score (nSPS) is 14.7. The minimum absolute atomic E-state index is 0. The van der Waals surface area contributed by atoms with Gasteiger partial charge in [0.25, 0.3) is 0 Å². The Morgan fingerprint density at radius 3 is 2.29 bits per heavy atom. The summed E-state index contributed by atoms with van der Waals surface area (Å²) in [5, 5.41) is 16.3.